The number of aromatic nitrogens is 1. The third kappa shape index (κ3) is 7.76. The molecular weight excluding hydrogens is 338 g/mol. The molecule has 0 N–H and O–H groups in total. The molecule has 5 heteroatoms. The standard InChI is InChI=1S/C22H39N3O2/c1-18(2)19(3)27-17-20-8-9-21(23-16-20)26-15-7-10-24-11-13-25(14-12-24)22(4,5)6/h8-9,16,18-19H,7,10-15,17H2,1-6H3/t19-/m0/s1. The Kier molecular flexibility index (Phi) is 8.52. The van der Waals surface area contributed by atoms with Crippen molar-refractivity contribution in [1.29, 1.82) is 0 Å². The molecule has 0 bridgehead atoms. The molecular formula is C22H39N3O2. The van der Waals surface area contributed by atoms with Gasteiger partial charge in [0.1, 0.15) is 0 Å². The quantitative estimate of drug-likeness (QED) is 0.612. The summed E-state index contributed by atoms with van der Waals surface area (Å²) in [6.45, 7) is 20.4. The summed E-state index contributed by atoms with van der Waals surface area (Å²) in [4.78, 5) is 9.50. The molecule has 1 saturated heterocycles. The Bertz CT molecular complexity index is 531. The van der Waals surface area contributed by atoms with Crippen molar-refractivity contribution in [2.24, 2.45) is 5.92 Å². The summed E-state index contributed by atoms with van der Waals surface area (Å²) >= 11 is 0. The van der Waals surface area contributed by atoms with Crippen molar-refractivity contribution in [2.75, 3.05) is 39.3 Å². The van der Waals surface area contributed by atoms with E-state index in [1.54, 1.807) is 0 Å². The van der Waals surface area contributed by atoms with Crippen molar-refractivity contribution in [3.05, 3.63) is 23.9 Å². The maximum absolute atomic E-state index is 5.83. The van der Waals surface area contributed by atoms with Gasteiger partial charge < -0.3 is 14.4 Å². The molecule has 27 heavy (non-hydrogen) atoms. The fourth-order valence-corrected chi connectivity index (χ4v) is 3.11. The molecule has 2 heterocycles. The fraction of sp³-hybridized carbons (Fsp3) is 0.773. The molecule has 1 aromatic rings. The van der Waals surface area contributed by atoms with E-state index >= 15 is 0 Å². The van der Waals surface area contributed by atoms with E-state index in [1.807, 2.05) is 18.3 Å². The lowest BCUT2D eigenvalue weighted by Crippen LogP contribution is -2.53. The van der Waals surface area contributed by atoms with Crippen molar-refractivity contribution in [3.8, 4) is 5.88 Å². The highest BCUT2D eigenvalue weighted by molar-refractivity contribution is 5.17. The van der Waals surface area contributed by atoms with E-state index in [0.717, 1.165) is 44.7 Å². The number of rotatable bonds is 9. The molecule has 1 aliphatic rings. The molecule has 2 rings (SSSR count). The molecule has 1 aliphatic heterocycles. The van der Waals surface area contributed by atoms with Crippen LogP contribution in [0.25, 0.3) is 0 Å². The second-order valence-electron chi connectivity index (χ2n) is 8.97. The summed E-state index contributed by atoms with van der Waals surface area (Å²) in [6.07, 6.45) is 3.15. The van der Waals surface area contributed by atoms with Crippen LogP contribution in [-0.2, 0) is 11.3 Å². The minimum Gasteiger partial charge on any atom is -0.478 e. The van der Waals surface area contributed by atoms with Crippen LogP contribution in [0.4, 0.5) is 0 Å². The average molecular weight is 378 g/mol. The highest BCUT2D eigenvalue weighted by atomic mass is 16.5. The molecule has 154 valence electrons. The lowest BCUT2D eigenvalue weighted by Gasteiger charge is -2.42. The first-order valence-corrected chi connectivity index (χ1v) is 10.4. The summed E-state index contributed by atoms with van der Waals surface area (Å²) in [7, 11) is 0. The topological polar surface area (TPSA) is 37.8 Å². The minimum absolute atomic E-state index is 0.256. The van der Waals surface area contributed by atoms with Gasteiger partial charge in [-0.25, -0.2) is 4.98 Å². The zero-order valence-electron chi connectivity index (χ0n) is 18.2. The summed E-state index contributed by atoms with van der Waals surface area (Å²) in [6, 6.07) is 3.99. The molecule has 0 amide bonds. The molecule has 5 nitrogen and oxygen atoms in total. The Labute approximate surface area is 166 Å². The van der Waals surface area contributed by atoms with Crippen LogP contribution in [0.15, 0.2) is 18.3 Å². The lowest BCUT2D eigenvalue weighted by atomic mass is 10.0. The molecule has 1 fully saturated rings. The lowest BCUT2D eigenvalue weighted by molar-refractivity contribution is 0.0233. The van der Waals surface area contributed by atoms with E-state index in [1.165, 1.54) is 0 Å². The van der Waals surface area contributed by atoms with Gasteiger partial charge >= 0.3 is 0 Å². The third-order valence-electron chi connectivity index (χ3n) is 5.44. The first-order valence-electron chi connectivity index (χ1n) is 10.4. The maximum Gasteiger partial charge on any atom is 0.213 e. The number of ether oxygens (including phenoxy) is 2. The largest absolute Gasteiger partial charge is 0.478 e. The molecule has 0 aromatic carbocycles. The van der Waals surface area contributed by atoms with Crippen LogP contribution in [0, 0.1) is 5.92 Å². The molecule has 0 spiro atoms. The van der Waals surface area contributed by atoms with Crippen LogP contribution in [0.2, 0.25) is 0 Å². The predicted molar refractivity (Wildman–Crippen MR) is 111 cm³/mol. The summed E-state index contributed by atoms with van der Waals surface area (Å²) < 4.78 is 11.6. The van der Waals surface area contributed by atoms with Gasteiger partial charge in [-0.3, -0.25) is 4.90 Å². The van der Waals surface area contributed by atoms with Crippen molar-refractivity contribution >= 4 is 0 Å². The van der Waals surface area contributed by atoms with Gasteiger partial charge in [-0.05, 0) is 51.7 Å². The van der Waals surface area contributed by atoms with Gasteiger partial charge in [-0.1, -0.05) is 13.8 Å². The van der Waals surface area contributed by atoms with E-state index in [2.05, 4.69) is 56.3 Å². The molecule has 1 aromatic heterocycles. The Morgan fingerprint density at radius 2 is 1.78 bits per heavy atom. The molecule has 1 atom stereocenters. The van der Waals surface area contributed by atoms with Crippen LogP contribution in [0.3, 0.4) is 0 Å². The van der Waals surface area contributed by atoms with Gasteiger partial charge in [0.15, 0.2) is 0 Å². The summed E-state index contributed by atoms with van der Waals surface area (Å²) in [5.41, 5.74) is 1.37. The van der Waals surface area contributed by atoms with Crippen LogP contribution in [-0.4, -0.2) is 65.8 Å². The maximum atomic E-state index is 5.83. The number of hydrogen-bond acceptors (Lipinski definition) is 5. The van der Waals surface area contributed by atoms with Crippen LogP contribution < -0.4 is 4.74 Å². The molecule has 0 unspecified atom stereocenters. The van der Waals surface area contributed by atoms with E-state index in [4.69, 9.17) is 9.47 Å². The first-order chi connectivity index (χ1) is 12.8. The zero-order chi connectivity index (χ0) is 19.9. The highest BCUT2D eigenvalue weighted by Gasteiger charge is 2.25. The van der Waals surface area contributed by atoms with Gasteiger partial charge in [0.25, 0.3) is 0 Å². The smallest absolute Gasteiger partial charge is 0.213 e. The summed E-state index contributed by atoms with van der Waals surface area (Å²) in [5, 5.41) is 0. The second-order valence-corrected chi connectivity index (χ2v) is 8.97. The number of piperazine rings is 1. The van der Waals surface area contributed by atoms with Gasteiger partial charge in [-0.2, -0.15) is 0 Å². The van der Waals surface area contributed by atoms with Gasteiger partial charge in [-0.15, -0.1) is 0 Å². The highest BCUT2D eigenvalue weighted by Crippen LogP contribution is 2.16. The van der Waals surface area contributed by atoms with E-state index in [0.29, 0.717) is 25.0 Å². The number of pyridine rings is 1. The Hall–Kier alpha value is -1.17. The van der Waals surface area contributed by atoms with Crippen LogP contribution in [0.5, 0.6) is 5.88 Å². The van der Waals surface area contributed by atoms with Crippen molar-refractivity contribution in [2.45, 2.75) is 66.2 Å². The van der Waals surface area contributed by atoms with E-state index < -0.39 is 0 Å². The second kappa shape index (κ2) is 10.4. The minimum atomic E-state index is 0.256. The third-order valence-corrected chi connectivity index (χ3v) is 5.44. The van der Waals surface area contributed by atoms with Crippen molar-refractivity contribution in [1.82, 2.24) is 14.8 Å². The van der Waals surface area contributed by atoms with Crippen LogP contribution in [0.1, 0.15) is 53.5 Å². The Morgan fingerprint density at radius 1 is 1.07 bits per heavy atom. The van der Waals surface area contributed by atoms with Gasteiger partial charge in [0, 0.05) is 50.5 Å². The zero-order valence-corrected chi connectivity index (χ0v) is 18.2. The number of nitrogens with zero attached hydrogens (tertiary/aromatic N) is 3. The Balaban J connectivity index is 1.61. The van der Waals surface area contributed by atoms with Gasteiger partial charge in [0.05, 0.1) is 19.3 Å². The van der Waals surface area contributed by atoms with Crippen LogP contribution >= 0.6 is 0 Å². The van der Waals surface area contributed by atoms with E-state index in [9.17, 15) is 0 Å². The fourth-order valence-electron chi connectivity index (χ4n) is 3.11. The monoisotopic (exact) mass is 377 g/mol. The first kappa shape index (κ1) is 22.1. The van der Waals surface area contributed by atoms with E-state index in [-0.39, 0.29) is 11.6 Å². The SMILES string of the molecule is CC(C)[C@H](C)OCc1ccc(OCCCN2CCN(C(C)(C)C)CC2)nc1. The predicted octanol–water partition coefficient (Wildman–Crippen LogP) is 3.83. The normalized spacial score (nSPS) is 18.0. The van der Waals surface area contributed by atoms with Crippen molar-refractivity contribution < 1.29 is 9.47 Å². The summed E-state index contributed by atoms with van der Waals surface area (Å²) in [5.74, 6) is 1.23. The molecule has 0 radical (unpaired) electrons. The van der Waals surface area contributed by atoms with Crippen molar-refractivity contribution in [3.63, 3.8) is 0 Å². The molecule has 0 aliphatic carbocycles. The number of hydrogen-bond donors (Lipinski definition) is 0. The average Bonchev–Trinajstić information content (AvgIpc) is 2.63. The molecule has 0 saturated carbocycles. The Morgan fingerprint density at radius 3 is 2.33 bits per heavy atom. The van der Waals surface area contributed by atoms with Gasteiger partial charge in [0.2, 0.25) is 5.88 Å².